The lowest BCUT2D eigenvalue weighted by Crippen LogP contribution is -2.42. The van der Waals surface area contributed by atoms with Crippen molar-refractivity contribution in [3.05, 3.63) is 46.5 Å². The Labute approximate surface area is 160 Å². The SMILES string of the molecule is COC(=O)C1(C(=O)OC)CC2=CC(c3ccc(C)cc3C)OC(C)(C)C2C1. The number of benzene rings is 1. The lowest BCUT2D eigenvalue weighted by atomic mass is 9.80. The van der Waals surface area contributed by atoms with Crippen LogP contribution in [-0.4, -0.2) is 31.8 Å². The van der Waals surface area contributed by atoms with Crippen molar-refractivity contribution >= 4 is 11.9 Å². The highest BCUT2D eigenvalue weighted by Crippen LogP contribution is 2.55. The van der Waals surface area contributed by atoms with E-state index in [-0.39, 0.29) is 12.0 Å². The number of hydrogen-bond donors (Lipinski definition) is 0. The van der Waals surface area contributed by atoms with Gasteiger partial charge in [0.2, 0.25) is 0 Å². The Hall–Kier alpha value is -2.14. The number of esters is 2. The van der Waals surface area contributed by atoms with Gasteiger partial charge in [-0.05, 0) is 51.7 Å². The summed E-state index contributed by atoms with van der Waals surface area (Å²) in [5, 5.41) is 0. The lowest BCUT2D eigenvalue weighted by Gasteiger charge is -2.40. The summed E-state index contributed by atoms with van der Waals surface area (Å²) in [6.45, 7) is 8.18. The minimum atomic E-state index is -1.29. The molecule has 1 aliphatic heterocycles. The van der Waals surface area contributed by atoms with Crippen molar-refractivity contribution in [3.8, 4) is 0 Å². The largest absolute Gasteiger partial charge is 0.468 e. The molecule has 1 saturated carbocycles. The van der Waals surface area contributed by atoms with Crippen LogP contribution in [0.2, 0.25) is 0 Å². The monoisotopic (exact) mass is 372 g/mol. The molecule has 0 N–H and O–H groups in total. The molecular formula is C22H28O5. The van der Waals surface area contributed by atoms with Gasteiger partial charge in [-0.15, -0.1) is 0 Å². The Morgan fingerprint density at radius 1 is 1.11 bits per heavy atom. The number of ether oxygens (including phenoxy) is 3. The first-order valence-corrected chi connectivity index (χ1v) is 9.27. The summed E-state index contributed by atoms with van der Waals surface area (Å²) in [5.74, 6) is -1.12. The van der Waals surface area contributed by atoms with Crippen molar-refractivity contribution in [1.82, 2.24) is 0 Å². The molecule has 0 aromatic heterocycles. The van der Waals surface area contributed by atoms with E-state index in [0.717, 1.165) is 16.7 Å². The topological polar surface area (TPSA) is 61.8 Å². The Balaban J connectivity index is 2.05. The van der Waals surface area contributed by atoms with Crippen LogP contribution in [-0.2, 0) is 23.8 Å². The molecule has 3 rings (SSSR count). The molecule has 2 unspecified atom stereocenters. The summed E-state index contributed by atoms with van der Waals surface area (Å²) < 4.78 is 16.4. The van der Waals surface area contributed by atoms with E-state index in [1.807, 2.05) is 13.8 Å². The zero-order valence-electron chi connectivity index (χ0n) is 16.9. The molecule has 0 spiro atoms. The molecule has 0 amide bonds. The number of hydrogen-bond acceptors (Lipinski definition) is 5. The Kier molecular flexibility index (Phi) is 4.93. The first kappa shape index (κ1) is 19.6. The fourth-order valence-corrected chi connectivity index (χ4v) is 4.61. The fraction of sp³-hybridized carbons (Fsp3) is 0.545. The molecular weight excluding hydrogens is 344 g/mol. The quantitative estimate of drug-likeness (QED) is 0.458. The summed E-state index contributed by atoms with van der Waals surface area (Å²) in [6, 6.07) is 6.30. The van der Waals surface area contributed by atoms with Crippen molar-refractivity contribution in [2.24, 2.45) is 11.3 Å². The summed E-state index contributed by atoms with van der Waals surface area (Å²) in [5.41, 5.74) is 2.72. The van der Waals surface area contributed by atoms with E-state index in [4.69, 9.17) is 14.2 Å². The van der Waals surface area contributed by atoms with Crippen LogP contribution in [0.3, 0.4) is 0 Å². The van der Waals surface area contributed by atoms with E-state index in [9.17, 15) is 9.59 Å². The van der Waals surface area contributed by atoms with Gasteiger partial charge in [0, 0.05) is 5.92 Å². The van der Waals surface area contributed by atoms with Crippen molar-refractivity contribution < 1.29 is 23.8 Å². The predicted molar refractivity (Wildman–Crippen MR) is 101 cm³/mol. The van der Waals surface area contributed by atoms with Gasteiger partial charge in [-0.25, -0.2) is 0 Å². The molecule has 1 aliphatic carbocycles. The van der Waals surface area contributed by atoms with Gasteiger partial charge in [0.15, 0.2) is 5.41 Å². The number of methoxy groups -OCH3 is 2. The maximum absolute atomic E-state index is 12.5. The molecule has 2 aliphatic rings. The third kappa shape index (κ3) is 3.18. The average molecular weight is 372 g/mol. The molecule has 27 heavy (non-hydrogen) atoms. The minimum absolute atomic E-state index is 0.0438. The summed E-state index contributed by atoms with van der Waals surface area (Å²) in [6.07, 6.45) is 2.51. The van der Waals surface area contributed by atoms with Crippen molar-refractivity contribution in [2.75, 3.05) is 14.2 Å². The molecule has 0 radical (unpaired) electrons. The number of rotatable bonds is 3. The zero-order valence-corrected chi connectivity index (χ0v) is 16.9. The van der Waals surface area contributed by atoms with Crippen LogP contribution >= 0.6 is 0 Å². The summed E-state index contributed by atoms with van der Waals surface area (Å²) in [4.78, 5) is 25.1. The van der Waals surface area contributed by atoms with Crippen LogP contribution in [0.1, 0.15) is 49.5 Å². The molecule has 1 fully saturated rings. The van der Waals surface area contributed by atoms with E-state index in [1.165, 1.54) is 19.8 Å². The molecule has 1 heterocycles. The molecule has 2 atom stereocenters. The second-order valence-corrected chi connectivity index (χ2v) is 8.24. The van der Waals surface area contributed by atoms with Crippen LogP contribution in [0.4, 0.5) is 0 Å². The van der Waals surface area contributed by atoms with Gasteiger partial charge >= 0.3 is 11.9 Å². The first-order chi connectivity index (χ1) is 12.6. The van der Waals surface area contributed by atoms with E-state index < -0.39 is 23.0 Å². The van der Waals surface area contributed by atoms with Crippen molar-refractivity contribution in [1.29, 1.82) is 0 Å². The first-order valence-electron chi connectivity index (χ1n) is 9.27. The van der Waals surface area contributed by atoms with Crippen LogP contribution in [0.5, 0.6) is 0 Å². The Morgan fingerprint density at radius 2 is 1.74 bits per heavy atom. The van der Waals surface area contributed by atoms with Gasteiger partial charge in [-0.1, -0.05) is 35.4 Å². The average Bonchev–Trinajstić information content (AvgIpc) is 3.01. The maximum atomic E-state index is 12.5. The van der Waals surface area contributed by atoms with E-state index in [0.29, 0.717) is 12.8 Å². The van der Waals surface area contributed by atoms with Gasteiger partial charge in [-0.2, -0.15) is 0 Å². The molecule has 146 valence electrons. The molecule has 5 heteroatoms. The van der Waals surface area contributed by atoms with E-state index in [1.54, 1.807) is 0 Å². The highest BCUT2D eigenvalue weighted by molar-refractivity contribution is 6.01. The third-order valence-corrected chi connectivity index (χ3v) is 6.03. The molecule has 1 aromatic rings. The Morgan fingerprint density at radius 3 is 2.30 bits per heavy atom. The summed E-state index contributed by atoms with van der Waals surface area (Å²) in [7, 11) is 2.62. The van der Waals surface area contributed by atoms with Gasteiger partial charge in [0.05, 0.1) is 19.8 Å². The normalized spacial score (nSPS) is 25.3. The van der Waals surface area contributed by atoms with Gasteiger partial charge in [-0.3, -0.25) is 9.59 Å². The van der Waals surface area contributed by atoms with Gasteiger partial charge < -0.3 is 14.2 Å². The van der Waals surface area contributed by atoms with E-state index in [2.05, 4.69) is 38.1 Å². The minimum Gasteiger partial charge on any atom is -0.468 e. The Bertz CT molecular complexity index is 789. The van der Waals surface area contributed by atoms with Crippen molar-refractivity contribution in [2.45, 2.75) is 52.2 Å². The third-order valence-electron chi connectivity index (χ3n) is 6.03. The number of aryl methyl sites for hydroxylation is 2. The highest BCUT2D eigenvalue weighted by atomic mass is 16.5. The number of carbonyl (C=O) groups is 2. The second-order valence-electron chi connectivity index (χ2n) is 8.24. The van der Waals surface area contributed by atoms with Gasteiger partial charge in [0.25, 0.3) is 0 Å². The molecule has 5 nitrogen and oxygen atoms in total. The van der Waals surface area contributed by atoms with Crippen molar-refractivity contribution in [3.63, 3.8) is 0 Å². The van der Waals surface area contributed by atoms with Gasteiger partial charge in [0.1, 0.15) is 6.10 Å². The predicted octanol–water partition coefficient (Wildman–Crippen LogP) is 3.82. The van der Waals surface area contributed by atoms with Crippen LogP contribution < -0.4 is 0 Å². The highest BCUT2D eigenvalue weighted by Gasteiger charge is 2.59. The lowest BCUT2D eigenvalue weighted by molar-refractivity contribution is -0.169. The fourth-order valence-electron chi connectivity index (χ4n) is 4.61. The molecule has 0 saturated heterocycles. The molecule has 1 aromatic carbocycles. The van der Waals surface area contributed by atoms with Crippen LogP contribution in [0.25, 0.3) is 0 Å². The maximum Gasteiger partial charge on any atom is 0.323 e. The number of carbonyl (C=O) groups excluding carboxylic acids is 2. The standard InChI is InChI=1S/C22H28O5/c1-13-7-8-16(14(2)9-13)18-10-15-11-22(19(23)25-5,20(24)26-6)12-17(15)21(3,4)27-18/h7-10,17-18H,11-12H2,1-6H3. The number of fused-ring (bicyclic) bond motifs is 1. The summed E-state index contributed by atoms with van der Waals surface area (Å²) >= 11 is 0. The molecule has 0 bridgehead atoms. The van der Waals surface area contributed by atoms with E-state index >= 15 is 0 Å². The van der Waals surface area contributed by atoms with Crippen LogP contribution in [0.15, 0.2) is 29.8 Å². The zero-order chi connectivity index (χ0) is 20.0. The second kappa shape index (κ2) is 6.79. The van der Waals surface area contributed by atoms with Crippen LogP contribution in [0, 0.1) is 25.2 Å². The smallest absolute Gasteiger partial charge is 0.323 e.